The Morgan fingerprint density at radius 3 is 2.27 bits per heavy atom. The molecule has 1 aliphatic rings. The second-order valence-corrected chi connectivity index (χ2v) is 6.74. The van der Waals surface area contributed by atoms with Crippen LogP contribution in [0.25, 0.3) is 0 Å². The van der Waals surface area contributed by atoms with E-state index in [1.165, 1.54) is 4.90 Å². The van der Waals surface area contributed by atoms with Gasteiger partial charge in [-0.1, -0.05) is 36.8 Å². The number of amides is 2. The summed E-state index contributed by atoms with van der Waals surface area (Å²) in [5.41, 5.74) is 1.24. The van der Waals surface area contributed by atoms with Crippen molar-refractivity contribution in [3.63, 3.8) is 0 Å². The Bertz CT molecular complexity index is 768. The summed E-state index contributed by atoms with van der Waals surface area (Å²) in [7, 11) is 3.29. The van der Waals surface area contributed by atoms with Gasteiger partial charge in [-0.05, 0) is 42.7 Å². The van der Waals surface area contributed by atoms with Gasteiger partial charge < -0.3 is 15.0 Å². The standard InChI is InChI=1S/C21H24N2O3/c1-23(15-19(24)22-17-9-11-18(26-2)12-10-17)20(25)21(13-6-14-21)16-7-4-3-5-8-16/h3-5,7-12H,6,13-15H2,1-2H3,(H,22,24). The Hall–Kier alpha value is -2.82. The molecule has 2 aromatic carbocycles. The Balaban J connectivity index is 1.64. The highest BCUT2D eigenvalue weighted by atomic mass is 16.5. The van der Waals surface area contributed by atoms with Crippen LogP contribution in [-0.4, -0.2) is 37.4 Å². The fraction of sp³-hybridized carbons (Fsp3) is 0.333. The lowest BCUT2D eigenvalue weighted by Gasteiger charge is -2.43. The van der Waals surface area contributed by atoms with Crippen LogP contribution in [0.4, 0.5) is 5.69 Å². The smallest absolute Gasteiger partial charge is 0.243 e. The minimum absolute atomic E-state index is 0.0137. The molecule has 3 rings (SSSR count). The summed E-state index contributed by atoms with van der Waals surface area (Å²) in [5, 5.41) is 2.82. The van der Waals surface area contributed by atoms with Gasteiger partial charge in [0, 0.05) is 12.7 Å². The molecule has 0 radical (unpaired) electrons. The summed E-state index contributed by atoms with van der Waals surface area (Å²) in [6.07, 6.45) is 2.70. The summed E-state index contributed by atoms with van der Waals surface area (Å²) >= 11 is 0. The Morgan fingerprint density at radius 2 is 1.73 bits per heavy atom. The molecule has 0 atom stereocenters. The van der Waals surface area contributed by atoms with Crippen LogP contribution in [0.2, 0.25) is 0 Å². The normalized spacial score (nSPS) is 14.8. The second kappa shape index (κ2) is 7.60. The molecule has 5 nitrogen and oxygen atoms in total. The quantitative estimate of drug-likeness (QED) is 0.868. The number of hydrogen-bond donors (Lipinski definition) is 1. The van der Waals surface area contributed by atoms with Gasteiger partial charge >= 0.3 is 0 Å². The zero-order valence-corrected chi connectivity index (χ0v) is 15.2. The van der Waals surface area contributed by atoms with Crippen molar-refractivity contribution in [2.45, 2.75) is 24.7 Å². The number of nitrogens with zero attached hydrogens (tertiary/aromatic N) is 1. The number of likely N-dealkylation sites (N-methyl/N-ethyl adjacent to an activating group) is 1. The van der Waals surface area contributed by atoms with Crippen molar-refractivity contribution in [3.05, 3.63) is 60.2 Å². The highest BCUT2D eigenvalue weighted by Crippen LogP contribution is 2.44. The zero-order valence-electron chi connectivity index (χ0n) is 15.2. The van der Waals surface area contributed by atoms with Gasteiger partial charge in [-0.2, -0.15) is 0 Å². The first-order chi connectivity index (χ1) is 12.5. The number of methoxy groups -OCH3 is 1. The third-order valence-corrected chi connectivity index (χ3v) is 5.04. The highest BCUT2D eigenvalue weighted by molar-refractivity contribution is 5.97. The van der Waals surface area contributed by atoms with E-state index in [1.807, 2.05) is 30.3 Å². The number of ether oxygens (including phenoxy) is 1. The number of carbonyl (C=O) groups excluding carboxylic acids is 2. The van der Waals surface area contributed by atoms with E-state index in [0.717, 1.165) is 30.6 Å². The predicted molar refractivity (Wildman–Crippen MR) is 101 cm³/mol. The van der Waals surface area contributed by atoms with E-state index in [-0.39, 0.29) is 18.4 Å². The van der Waals surface area contributed by atoms with E-state index in [2.05, 4.69) is 5.32 Å². The van der Waals surface area contributed by atoms with E-state index in [4.69, 9.17) is 4.74 Å². The predicted octanol–water partition coefficient (Wildman–Crippen LogP) is 3.21. The molecular weight excluding hydrogens is 328 g/mol. The van der Waals surface area contributed by atoms with Crippen LogP contribution in [-0.2, 0) is 15.0 Å². The van der Waals surface area contributed by atoms with Gasteiger partial charge in [-0.15, -0.1) is 0 Å². The largest absolute Gasteiger partial charge is 0.497 e. The summed E-state index contributed by atoms with van der Waals surface area (Å²) < 4.78 is 5.10. The van der Waals surface area contributed by atoms with E-state index in [0.29, 0.717) is 5.69 Å². The molecule has 0 unspecified atom stereocenters. The first-order valence-electron chi connectivity index (χ1n) is 8.80. The highest BCUT2D eigenvalue weighted by Gasteiger charge is 2.47. The summed E-state index contributed by atoms with van der Waals surface area (Å²) in [4.78, 5) is 26.9. The van der Waals surface area contributed by atoms with Crippen LogP contribution in [0.1, 0.15) is 24.8 Å². The van der Waals surface area contributed by atoms with Gasteiger partial charge in [-0.25, -0.2) is 0 Å². The van der Waals surface area contributed by atoms with Crippen molar-refractivity contribution in [3.8, 4) is 5.75 Å². The molecule has 0 saturated heterocycles. The first-order valence-corrected chi connectivity index (χ1v) is 8.80. The fourth-order valence-electron chi connectivity index (χ4n) is 3.44. The minimum atomic E-state index is -0.476. The summed E-state index contributed by atoms with van der Waals surface area (Å²) in [6, 6.07) is 17.0. The van der Waals surface area contributed by atoms with Gasteiger partial charge in [-0.3, -0.25) is 9.59 Å². The van der Waals surface area contributed by atoms with Crippen molar-refractivity contribution in [1.82, 2.24) is 4.90 Å². The van der Waals surface area contributed by atoms with Gasteiger partial charge in [0.25, 0.3) is 0 Å². The van der Waals surface area contributed by atoms with Gasteiger partial charge in [0.15, 0.2) is 0 Å². The van der Waals surface area contributed by atoms with Crippen molar-refractivity contribution in [1.29, 1.82) is 0 Å². The van der Waals surface area contributed by atoms with Crippen molar-refractivity contribution < 1.29 is 14.3 Å². The third-order valence-electron chi connectivity index (χ3n) is 5.04. The minimum Gasteiger partial charge on any atom is -0.497 e. The van der Waals surface area contributed by atoms with Crippen molar-refractivity contribution in [2.24, 2.45) is 0 Å². The summed E-state index contributed by atoms with van der Waals surface area (Å²) in [5.74, 6) is 0.526. The van der Waals surface area contributed by atoms with Crippen LogP contribution in [0.15, 0.2) is 54.6 Å². The fourth-order valence-corrected chi connectivity index (χ4v) is 3.44. The molecule has 5 heteroatoms. The molecular formula is C21H24N2O3. The SMILES string of the molecule is COc1ccc(NC(=O)CN(C)C(=O)C2(c3ccccc3)CCC2)cc1. The molecule has 26 heavy (non-hydrogen) atoms. The molecule has 0 bridgehead atoms. The van der Waals surface area contributed by atoms with Gasteiger partial charge in [0.2, 0.25) is 11.8 Å². The monoisotopic (exact) mass is 352 g/mol. The Morgan fingerprint density at radius 1 is 1.08 bits per heavy atom. The molecule has 0 spiro atoms. The van der Waals surface area contributed by atoms with E-state index in [9.17, 15) is 9.59 Å². The van der Waals surface area contributed by atoms with Crippen LogP contribution in [0.3, 0.4) is 0 Å². The number of hydrogen-bond acceptors (Lipinski definition) is 3. The van der Waals surface area contributed by atoms with Gasteiger partial charge in [0.1, 0.15) is 5.75 Å². The molecule has 136 valence electrons. The molecule has 0 heterocycles. The van der Waals surface area contributed by atoms with Gasteiger partial charge in [0.05, 0.1) is 19.1 Å². The average molecular weight is 352 g/mol. The molecule has 0 aliphatic heterocycles. The summed E-state index contributed by atoms with van der Waals surface area (Å²) in [6.45, 7) is 0.0272. The lowest BCUT2D eigenvalue weighted by Crippen LogP contribution is -2.51. The first kappa shape index (κ1) is 18.0. The number of rotatable bonds is 6. The van der Waals surface area contributed by atoms with Crippen LogP contribution >= 0.6 is 0 Å². The molecule has 2 amide bonds. The maximum absolute atomic E-state index is 13.0. The van der Waals surface area contributed by atoms with Crippen LogP contribution in [0, 0.1) is 0 Å². The maximum atomic E-state index is 13.0. The van der Waals surface area contributed by atoms with Crippen LogP contribution < -0.4 is 10.1 Å². The second-order valence-electron chi connectivity index (χ2n) is 6.74. The Kier molecular flexibility index (Phi) is 5.26. The number of anilines is 1. The van der Waals surface area contributed by atoms with E-state index < -0.39 is 5.41 Å². The van der Waals surface area contributed by atoms with E-state index >= 15 is 0 Å². The zero-order chi connectivity index (χ0) is 18.6. The van der Waals surface area contributed by atoms with Crippen LogP contribution in [0.5, 0.6) is 5.75 Å². The van der Waals surface area contributed by atoms with Crippen molar-refractivity contribution in [2.75, 3.05) is 26.0 Å². The lowest BCUT2D eigenvalue weighted by molar-refractivity contribution is -0.141. The lowest BCUT2D eigenvalue weighted by atomic mass is 9.63. The third kappa shape index (κ3) is 3.57. The number of carbonyl (C=O) groups is 2. The Labute approximate surface area is 154 Å². The molecule has 2 aromatic rings. The molecule has 1 fully saturated rings. The number of nitrogens with one attached hydrogen (secondary N) is 1. The number of benzene rings is 2. The topological polar surface area (TPSA) is 58.6 Å². The molecule has 1 aliphatic carbocycles. The van der Waals surface area contributed by atoms with E-state index in [1.54, 1.807) is 38.4 Å². The average Bonchev–Trinajstić information content (AvgIpc) is 2.62. The molecule has 0 aromatic heterocycles. The molecule has 1 saturated carbocycles. The van der Waals surface area contributed by atoms with Crippen molar-refractivity contribution >= 4 is 17.5 Å². The molecule has 1 N–H and O–H groups in total. The maximum Gasteiger partial charge on any atom is 0.243 e.